The third kappa shape index (κ3) is 7.17. The normalized spacial score (nSPS) is 18.1. The number of para-hydroxylation sites is 2. The van der Waals surface area contributed by atoms with E-state index in [4.69, 9.17) is 19.2 Å². The fraction of sp³-hybridized carbons (Fsp3) is 0.405. The second kappa shape index (κ2) is 15.3. The van der Waals surface area contributed by atoms with E-state index < -0.39 is 0 Å². The summed E-state index contributed by atoms with van der Waals surface area (Å²) in [5.74, 6) is 2.34. The Bertz CT molecular complexity index is 2000. The standard InChI is InChI=1S/C42H50N6O4/c1-29-10-11-33(24-30(29)2)42(17-23-47(28-42)40(49)32-25-37(50-3)39(52-5)38(26-32)51-4)16-22-46-20-14-34(15-21-46)44-41-45-35-8-6-7-9-36(35)48(41)27-31-12-18-43-19-13-31/h6-13,18-19,24-26,34H,14-17,20-23,27-28H2,1-5H3,(H,44,45). The van der Waals surface area contributed by atoms with Gasteiger partial charge >= 0.3 is 0 Å². The smallest absolute Gasteiger partial charge is 0.254 e. The van der Waals surface area contributed by atoms with E-state index in [1.54, 1.807) is 33.5 Å². The Labute approximate surface area is 306 Å². The highest BCUT2D eigenvalue weighted by molar-refractivity contribution is 5.96. The number of pyridine rings is 1. The van der Waals surface area contributed by atoms with E-state index in [1.165, 1.54) is 22.3 Å². The van der Waals surface area contributed by atoms with Crippen molar-refractivity contribution in [3.63, 3.8) is 0 Å². The number of nitrogens with zero attached hydrogens (tertiary/aromatic N) is 5. The van der Waals surface area contributed by atoms with Gasteiger partial charge in [0.25, 0.3) is 5.91 Å². The van der Waals surface area contributed by atoms with Crippen molar-refractivity contribution in [1.29, 1.82) is 0 Å². The molecule has 5 aromatic rings. The number of carbonyl (C=O) groups is 1. The number of benzene rings is 3. The molecule has 1 amide bonds. The molecule has 0 spiro atoms. The lowest BCUT2D eigenvalue weighted by Crippen LogP contribution is -2.42. The van der Waals surface area contributed by atoms with Crippen molar-refractivity contribution in [3.05, 3.63) is 107 Å². The maximum Gasteiger partial charge on any atom is 0.254 e. The Morgan fingerprint density at radius 1 is 0.885 bits per heavy atom. The van der Waals surface area contributed by atoms with E-state index in [0.717, 1.165) is 68.8 Å². The SMILES string of the molecule is COc1cc(C(=O)N2CCC(CCN3CCC(Nc4nc5ccccc5n4Cc4ccncc4)CC3)(c3ccc(C)c(C)c3)C2)cc(OC)c1OC. The summed E-state index contributed by atoms with van der Waals surface area (Å²) < 4.78 is 18.9. The average molecular weight is 703 g/mol. The molecule has 2 saturated heterocycles. The highest BCUT2D eigenvalue weighted by Crippen LogP contribution is 2.42. The monoisotopic (exact) mass is 702 g/mol. The van der Waals surface area contributed by atoms with Gasteiger partial charge in [0.1, 0.15) is 0 Å². The molecule has 52 heavy (non-hydrogen) atoms. The van der Waals surface area contributed by atoms with Crippen LogP contribution in [0.25, 0.3) is 11.0 Å². The molecule has 10 nitrogen and oxygen atoms in total. The largest absolute Gasteiger partial charge is 0.493 e. The van der Waals surface area contributed by atoms with E-state index in [9.17, 15) is 4.79 Å². The summed E-state index contributed by atoms with van der Waals surface area (Å²) >= 11 is 0. The van der Waals surface area contributed by atoms with Gasteiger partial charge < -0.3 is 33.9 Å². The fourth-order valence-electron chi connectivity index (χ4n) is 7.96. The molecule has 1 unspecified atom stereocenters. The minimum absolute atomic E-state index is 0.0215. The second-order valence-electron chi connectivity index (χ2n) is 14.3. The first-order valence-corrected chi connectivity index (χ1v) is 18.3. The van der Waals surface area contributed by atoms with Crippen LogP contribution in [-0.2, 0) is 12.0 Å². The predicted molar refractivity (Wildman–Crippen MR) is 205 cm³/mol. The molecule has 0 aliphatic carbocycles. The second-order valence-corrected chi connectivity index (χ2v) is 14.3. The molecule has 10 heteroatoms. The summed E-state index contributed by atoms with van der Waals surface area (Å²) in [7, 11) is 4.72. The number of piperidine rings is 1. The minimum atomic E-state index is -0.137. The zero-order valence-corrected chi connectivity index (χ0v) is 31.0. The number of hydrogen-bond acceptors (Lipinski definition) is 8. The van der Waals surface area contributed by atoms with Crippen LogP contribution in [0, 0.1) is 13.8 Å². The lowest BCUT2D eigenvalue weighted by atomic mass is 9.75. The highest BCUT2D eigenvalue weighted by Gasteiger charge is 2.42. The summed E-state index contributed by atoms with van der Waals surface area (Å²) in [6.07, 6.45) is 7.67. The van der Waals surface area contributed by atoms with Crippen molar-refractivity contribution in [2.45, 2.75) is 57.5 Å². The Kier molecular flexibility index (Phi) is 10.4. The van der Waals surface area contributed by atoms with E-state index >= 15 is 0 Å². The van der Waals surface area contributed by atoms with Crippen LogP contribution in [0.4, 0.5) is 5.95 Å². The molecular weight excluding hydrogens is 653 g/mol. The van der Waals surface area contributed by atoms with Gasteiger partial charge in [-0.15, -0.1) is 0 Å². The molecule has 0 radical (unpaired) electrons. The van der Waals surface area contributed by atoms with Crippen LogP contribution in [0.3, 0.4) is 0 Å². The summed E-state index contributed by atoms with van der Waals surface area (Å²) in [6, 6.07) is 23.2. The molecule has 2 aliphatic rings. The van der Waals surface area contributed by atoms with Gasteiger partial charge in [0.05, 0.1) is 38.9 Å². The van der Waals surface area contributed by atoms with E-state index in [1.807, 2.05) is 23.4 Å². The van der Waals surface area contributed by atoms with E-state index in [2.05, 4.69) is 82.1 Å². The van der Waals surface area contributed by atoms with Gasteiger partial charge in [-0.25, -0.2) is 4.98 Å². The first-order chi connectivity index (χ1) is 25.3. The number of nitrogens with one attached hydrogen (secondary N) is 1. The number of anilines is 1. The van der Waals surface area contributed by atoms with Gasteiger partial charge in [-0.3, -0.25) is 9.78 Å². The van der Waals surface area contributed by atoms with Crippen LogP contribution in [0.5, 0.6) is 17.2 Å². The number of amides is 1. The fourth-order valence-corrected chi connectivity index (χ4v) is 7.96. The molecule has 7 rings (SSSR count). The number of hydrogen-bond donors (Lipinski definition) is 1. The van der Waals surface area contributed by atoms with Crippen LogP contribution in [0.15, 0.2) is 79.1 Å². The van der Waals surface area contributed by atoms with Crippen molar-refractivity contribution in [1.82, 2.24) is 24.3 Å². The molecule has 2 aromatic heterocycles. The number of fused-ring (bicyclic) bond motifs is 1. The van der Waals surface area contributed by atoms with Gasteiger partial charge in [-0.05, 0) is 105 Å². The molecule has 1 N–H and O–H groups in total. The predicted octanol–water partition coefficient (Wildman–Crippen LogP) is 6.87. The van der Waals surface area contributed by atoms with Gasteiger partial charge in [0.15, 0.2) is 11.5 Å². The van der Waals surface area contributed by atoms with Crippen molar-refractivity contribution >= 4 is 22.9 Å². The molecule has 0 bridgehead atoms. The first kappa shape index (κ1) is 35.3. The molecule has 0 saturated carbocycles. The number of aromatic nitrogens is 3. The van der Waals surface area contributed by atoms with E-state index in [0.29, 0.717) is 41.9 Å². The van der Waals surface area contributed by atoms with Crippen LogP contribution in [-0.4, -0.2) is 90.3 Å². The minimum Gasteiger partial charge on any atom is -0.493 e. The number of likely N-dealkylation sites (tertiary alicyclic amines) is 2. The van der Waals surface area contributed by atoms with Crippen molar-refractivity contribution in [2.75, 3.05) is 59.4 Å². The zero-order chi connectivity index (χ0) is 36.2. The Hall–Kier alpha value is -5.09. The molecular formula is C42H50N6O4. The zero-order valence-electron chi connectivity index (χ0n) is 31.0. The van der Waals surface area contributed by atoms with Gasteiger partial charge in [-0.2, -0.15) is 0 Å². The first-order valence-electron chi connectivity index (χ1n) is 18.3. The van der Waals surface area contributed by atoms with Gasteiger partial charge in [-0.1, -0.05) is 30.3 Å². The topological polar surface area (TPSA) is 94.0 Å². The Balaban J connectivity index is 1.04. The third-order valence-corrected chi connectivity index (χ3v) is 11.2. The van der Waals surface area contributed by atoms with Crippen LogP contribution in [0.2, 0.25) is 0 Å². The van der Waals surface area contributed by atoms with Crippen LogP contribution in [0.1, 0.15) is 58.3 Å². The Morgan fingerprint density at radius 2 is 1.62 bits per heavy atom. The number of methoxy groups -OCH3 is 3. The maximum absolute atomic E-state index is 14.0. The van der Waals surface area contributed by atoms with Crippen LogP contribution < -0.4 is 19.5 Å². The summed E-state index contributed by atoms with van der Waals surface area (Å²) in [6.45, 7) is 9.44. The third-order valence-electron chi connectivity index (χ3n) is 11.2. The average Bonchev–Trinajstić information content (AvgIpc) is 3.77. The van der Waals surface area contributed by atoms with Crippen molar-refractivity contribution in [3.8, 4) is 17.2 Å². The lowest BCUT2D eigenvalue weighted by Gasteiger charge is -2.36. The molecule has 2 fully saturated rings. The van der Waals surface area contributed by atoms with Gasteiger partial charge in [0.2, 0.25) is 11.7 Å². The quantitative estimate of drug-likeness (QED) is 0.151. The lowest BCUT2D eigenvalue weighted by molar-refractivity contribution is 0.0779. The molecule has 4 heterocycles. The summed E-state index contributed by atoms with van der Waals surface area (Å²) in [5.41, 5.74) is 7.62. The number of carbonyl (C=O) groups excluding carboxylic acids is 1. The number of ether oxygens (including phenoxy) is 3. The highest BCUT2D eigenvalue weighted by atomic mass is 16.5. The van der Waals surface area contributed by atoms with Crippen molar-refractivity contribution < 1.29 is 19.0 Å². The summed E-state index contributed by atoms with van der Waals surface area (Å²) in [5, 5.41) is 3.82. The molecule has 2 aliphatic heterocycles. The molecule has 3 aromatic carbocycles. The summed E-state index contributed by atoms with van der Waals surface area (Å²) in [4.78, 5) is 27.9. The number of rotatable bonds is 12. The van der Waals surface area contributed by atoms with Crippen LogP contribution >= 0.6 is 0 Å². The molecule has 1 atom stereocenters. The molecule has 272 valence electrons. The Morgan fingerprint density at radius 3 is 2.31 bits per heavy atom. The van der Waals surface area contributed by atoms with Crippen molar-refractivity contribution in [2.24, 2.45) is 0 Å². The van der Waals surface area contributed by atoms with Gasteiger partial charge in [0, 0.05) is 55.6 Å². The maximum atomic E-state index is 14.0. The number of aryl methyl sites for hydroxylation is 2. The van der Waals surface area contributed by atoms with E-state index in [-0.39, 0.29) is 11.3 Å². The number of imidazole rings is 1.